The van der Waals surface area contributed by atoms with E-state index >= 15 is 0 Å². The van der Waals surface area contributed by atoms with Crippen LogP contribution in [0.4, 0.5) is 5.69 Å². The van der Waals surface area contributed by atoms with Crippen LogP contribution >= 0.6 is 0 Å². The lowest BCUT2D eigenvalue weighted by molar-refractivity contribution is 0.185. The molecule has 3 rings (SSSR count). The lowest BCUT2D eigenvalue weighted by Gasteiger charge is -2.26. The Kier molecular flexibility index (Phi) is 4.41. The van der Waals surface area contributed by atoms with Crippen LogP contribution in [0.3, 0.4) is 0 Å². The minimum absolute atomic E-state index is 0.501. The quantitative estimate of drug-likeness (QED) is 0.905. The van der Waals surface area contributed by atoms with Crippen molar-refractivity contribution in [2.45, 2.75) is 18.9 Å². The van der Waals surface area contributed by atoms with Gasteiger partial charge in [-0.3, -0.25) is 0 Å². The third-order valence-corrected chi connectivity index (χ3v) is 3.87. The van der Waals surface area contributed by atoms with Gasteiger partial charge in [0.2, 0.25) is 0 Å². The van der Waals surface area contributed by atoms with Crippen LogP contribution in [0.5, 0.6) is 5.75 Å². The lowest BCUT2D eigenvalue weighted by atomic mass is 9.93. The summed E-state index contributed by atoms with van der Waals surface area (Å²) in [6, 6.07) is 16.7. The molecule has 0 amide bonds. The summed E-state index contributed by atoms with van der Waals surface area (Å²) in [5.74, 6) is 1.53. The standard InChI is InChI=1S/C18H21NO2/c1-20-13-14-5-4-6-16(11-14)19-12-15-9-10-21-18-8-3-2-7-17(15)18/h2-8,11,15,19H,9-10,12-13H2,1H3. The van der Waals surface area contributed by atoms with Crippen LogP contribution in [-0.2, 0) is 11.3 Å². The number of nitrogens with one attached hydrogen (secondary N) is 1. The highest BCUT2D eigenvalue weighted by atomic mass is 16.5. The molecule has 110 valence electrons. The van der Waals surface area contributed by atoms with Gasteiger partial charge < -0.3 is 14.8 Å². The molecule has 0 spiro atoms. The van der Waals surface area contributed by atoms with Crippen LogP contribution in [0.15, 0.2) is 48.5 Å². The van der Waals surface area contributed by atoms with E-state index in [-0.39, 0.29) is 0 Å². The second-order valence-corrected chi connectivity index (χ2v) is 5.39. The summed E-state index contributed by atoms with van der Waals surface area (Å²) in [4.78, 5) is 0. The Morgan fingerprint density at radius 3 is 3.00 bits per heavy atom. The van der Waals surface area contributed by atoms with Crippen LogP contribution in [0.25, 0.3) is 0 Å². The van der Waals surface area contributed by atoms with E-state index < -0.39 is 0 Å². The molecule has 0 aromatic heterocycles. The number of para-hydroxylation sites is 1. The van der Waals surface area contributed by atoms with Crippen LogP contribution in [0, 0.1) is 0 Å². The number of hydrogen-bond acceptors (Lipinski definition) is 3. The van der Waals surface area contributed by atoms with Crippen LogP contribution in [0.2, 0.25) is 0 Å². The Labute approximate surface area is 125 Å². The number of fused-ring (bicyclic) bond motifs is 1. The zero-order chi connectivity index (χ0) is 14.5. The van der Waals surface area contributed by atoms with Gasteiger partial charge >= 0.3 is 0 Å². The maximum Gasteiger partial charge on any atom is 0.122 e. The summed E-state index contributed by atoms with van der Waals surface area (Å²) >= 11 is 0. The van der Waals surface area contributed by atoms with Crippen molar-refractivity contribution in [3.8, 4) is 5.75 Å². The molecular formula is C18H21NO2. The summed E-state index contributed by atoms with van der Waals surface area (Å²) in [5.41, 5.74) is 3.65. The number of benzene rings is 2. The molecule has 1 unspecified atom stereocenters. The topological polar surface area (TPSA) is 30.5 Å². The Morgan fingerprint density at radius 1 is 1.19 bits per heavy atom. The van der Waals surface area contributed by atoms with E-state index in [9.17, 15) is 0 Å². The Balaban J connectivity index is 1.67. The highest BCUT2D eigenvalue weighted by Crippen LogP contribution is 2.33. The number of rotatable bonds is 5. The highest BCUT2D eigenvalue weighted by Gasteiger charge is 2.20. The summed E-state index contributed by atoms with van der Waals surface area (Å²) in [6.07, 6.45) is 1.06. The average molecular weight is 283 g/mol. The van der Waals surface area contributed by atoms with Crippen molar-refractivity contribution < 1.29 is 9.47 Å². The third-order valence-electron chi connectivity index (χ3n) is 3.87. The Morgan fingerprint density at radius 2 is 2.10 bits per heavy atom. The molecule has 1 N–H and O–H groups in total. The molecule has 0 radical (unpaired) electrons. The molecule has 1 aliphatic rings. The van der Waals surface area contributed by atoms with E-state index in [0.29, 0.717) is 12.5 Å². The minimum Gasteiger partial charge on any atom is -0.493 e. The van der Waals surface area contributed by atoms with Crippen LogP contribution < -0.4 is 10.1 Å². The van der Waals surface area contributed by atoms with Crippen molar-refractivity contribution >= 4 is 5.69 Å². The summed E-state index contributed by atoms with van der Waals surface area (Å²) in [5, 5.41) is 3.54. The van der Waals surface area contributed by atoms with E-state index in [1.54, 1.807) is 7.11 Å². The van der Waals surface area contributed by atoms with Crippen molar-refractivity contribution in [1.82, 2.24) is 0 Å². The predicted molar refractivity (Wildman–Crippen MR) is 84.9 cm³/mol. The van der Waals surface area contributed by atoms with Gasteiger partial charge in [0.15, 0.2) is 0 Å². The van der Waals surface area contributed by atoms with Crippen molar-refractivity contribution in [3.05, 3.63) is 59.7 Å². The molecule has 1 atom stereocenters. The number of anilines is 1. The van der Waals surface area contributed by atoms with Gasteiger partial charge in [0.25, 0.3) is 0 Å². The molecule has 0 saturated heterocycles. The van der Waals surface area contributed by atoms with Gasteiger partial charge in [-0.05, 0) is 35.7 Å². The van der Waals surface area contributed by atoms with Gasteiger partial charge in [0.05, 0.1) is 13.2 Å². The normalized spacial score (nSPS) is 16.9. The molecule has 0 fully saturated rings. The molecule has 0 bridgehead atoms. The Bertz CT molecular complexity index is 597. The number of methoxy groups -OCH3 is 1. The van der Waals surface area contributed by atoms with Crippen molar-refractivity contribution in [2.24, 2.45) is 0 Å². The van der Waals surface area contributed by atoms with E-state index in [2.05, 4.69) is 47.8 Å². The Hall–Kier alpha value is -2.00. The minimum atomic E-state index is 0.501. The fraction of sp³-hybridized carbons (Fsp3) is 0.333. The van der Waals surface area contributed by atoms with Crippen molar-refractivity contribution in [1.29, 1.82) is 0 Å². The molecule has 2 aromatic rings. The smallest absolute Gasteiger partial charge is 0.122 e. The van der Waals surface area contributed by atoms with Gasteiger partial charge in [-0.1, -0.05) is 30.3 Å². The first-order chi connectivity index (χ1) is 10.4. The van der Waals surface area contributed by atoms with Crippen molar-refractivity contribution in [2.75, 3.05) is 25.6 Å². The van der Waals surface area contributed by atoms with E-state index in [4.69, 9.17) is 9.47 Å². The second kappa shape index (κ2) is 6.64. The number of hydrogen-bond donors (Lipinski definition) is 1. The first-order valence-electron chi connectivity index (χ1n) is 7.40. The molecule has 1 heterocycles. The zero-order valence-electron chi connectivity index (χ0n) is 12.3. The first-order valence-corrected chi connectivity index (χ1v) is 7.40. The molecular weight excluding hydrogens is 262 g/mol. The average Bonchev–Trinajstić information content (AvgIpc) is 2.53. The largest absolute Gasteiger partial charge is 0.493 e. The zero-order valence-corrected chi connectivity index (χ0v) is 12.3. The lowest BCUT2D eigenvalue weighted by Crippen LogP contribution is -2.20. The number of ether oxygens (including phenoxy) is 2. The second-order valence-electron chi connectivity index (χ2n) is 5.39. The maximum atomic E-state index is 5.71. The van der Waals surface area contributed by atoms with Gasteiger partial charge in [0, 0.05) is 25.3 Å². The maximum absolute atomic E-state index is 5.71. The highest BCUT2D eigenvalue weighted by molar-refractivity contribution is 5.47. The SMILES string of the molecule is COCc1cccc(NCC2CCOc3ccccc32)c1. The van der Waals surface area contributed by atoms with Crippen LogP contribution in [0.1, 0.15) is 23.5 Å². The fourth-order valence-corrected chi connectivity index (χ4v) is 2.81. The molecule has 1 aliphatic heterocycles. The molecule has 21 heavy (non-hydrogen) atoms. The monoisotopic (exact) mass is 283 g/mol. The van der Waals surface area contributed by atoms with E-state index in [0.717, 1.165) is 31.0 Å². The van der Waals surface area contributed by atoms with E-state index in [1.807, 2.05) is 6.07 Å². The summed E-state index contributed by atoms with van der Waals surface area (Å²) < 4.78 is 10.9. The molecule has 0 aliphatic carbocycles. The van der Waals surface area contributed by atoms with Gasteiger partial charge in [-0.25, -0.2) is 0 Å². The summed E-state index contributed by atoms with van der Waals surface area (Å²) in [7, 11) is 1.72. The predicted octanol–water partition coefficient (Wildman–Crippen LogP) is 3.81. The first kappa shape index (κ1) is 14.0. The fourth-order valence-electron chi connectivity index (χ4n) is 2.81. The van der Waals surface area contributed by atoms with Gasteiger partial charge in [0.1, 0.15) is 5.75 Å². The van der Waals surface area contributed by atoms with E-state index in [1.165, 1.54) is 11.1 Å². The van der Waals surface area contributed by atoms with Gasteiger partial charge in [-0.15, -0.1) is 0 Å². The van der Waals surface area contributed by atoms with Crippen molar-refractivity contribution in [3.63, 3.8) is 0 Å². The summed E-state index contributed by atoms with van der Waals surface area (Å²) in [6.45, 7) is 2.37. The van der Waals surface area contributed by atoms with Gasteiger partial charge in [-0.2, -0.15) is 0 Å². The third kappa shape index (κ3) is 3.37. The molecule has 3 nitrogen and oxygen atoms in total. The molecule has 2 aromatic carbocycles. The molecule has 3 heteroatoms. The van der Waals surface area contributed by atoms with Crippen LogP contribution in [-0.4, -0.2) is 20.3 Å². The molecule has 0 saturated carbocycles.